The molecule has 0 aromatic heterocycles. The number of fused-ring (bicyclic) bond motifs is 1. The van der Waals surface area contributed by atoms with Crippen molar-refractivity contribution in [2.24, 2.45) is 40.6 Å². The Morgan fingerprint density at radius 2 is 1.62 bits per heavy atom. The molecule has 4 aliphatic carbocycles. The fourth-order valence-electron chi connectivity index (χ4n) is 6.75. The highest BCUT2D eigenvalue weighted by Gasteiger charge is 2.67. The molecule has 6 nitrogen and oxygen atoms in total. The van der Waals surface area contributed by atoms with Crippen LogP contribution in [-0.2, 0) is 16.2 Å². The first kappa shape index (κ1) is 22.3. The summed E-state index contributed by atoms with van der Waals surface area (Å²) in [6, 6.07) is 20.0. The number of carbonyl (C=O) groups excluding carboxylic acids is 2. The maximum atomic E-state index is 13.2. The lowest BCUT2D eigenvalue weighted by molar-refractivity contribution is -0.140. The average molecular weight is 493 g/mol. The summed E-state index contributed by atoms with van der Waals surface area (Å²) >= 11 is 0. The van der Waals surface area contributed by atoms with E-state index in [0.29, 0.717) is 36.5 Å². The molecule has 6 heteroatoms. The minimum Gasteiger partial charge on any atom is -0.490 e. The molecule has 6 atom stereocenters. The third kappa shape index (κ3) is 3.57. The van der Waals surface area contributed by atoms with Crippen LogP contribution in [0.1, 0.15) is 24.5 Å². The Labute approximate surface area is 215 Å². The van der Waals surface area contributed by atoms with E-state index in [2.05, 4.69) is 41.5 Å². The van der Waals surface area contributed by atoms with Crippen molar-refractivity contribution in [1.82, 2.24) is 5.01 Å². The first-order valence-electron chi connectivity index (χ1n) is 13.1. The highest BCUT2D eigenvalue weighted by molar-refractivity contribution is 6.06. The third-order valence-electron chi connectivity index (χ3n) is 8.49. The highest BCUT2D eigenvalue weighted by Crippen LogP contribution is 2.65. The maximum absolute atomic E-state index is 13.2. The molecule has 0 spiro atoms. The SMILES string of the molecule is CCOc1cc(/C=N\N2C(=O)[C@@H]3[C@@H]4C=C[C@H]([C@H]5C[C@@H]45)[C@@H]3C2=O)ccc1OCc1cccc2ccccc12. The van der Waals surface area contributed by atoms with Crippen molar-refractivity contribution in [2.75, 3.05) is 6.61 Å². The molecule has 3 aromatic carbocycles. The van der Waals surface area contributed by atoms with Gasteiger partial charge in [0.1, 0.15) is 6.61 Å². The van der Waals surface area contributed by atoms with E-state index in [0.717, 1.165) is 27.9 Å². The average Bonchev–Trinajstić information content (AvgIpc) is 3.71. The van der Waals surface area contributed by atoms with Crippen LogP contribution in [0.2, 0.25) is 0 Å². The van der Waals surface area contributed by atoms with E-state index in [4.69, 9.17) is 9.47 Å². The van der Waals surface area contributed by atoms with Crippen LogP contribution in [0, 0.1) is 35.5 Å². The minimum absolute atomic E-state index is 0.156. The summed E-state index contributed by atoms with van der Waals surface area (Å²) in [4.78, 5) is 26.3. The molecule has 0 N–H and O–H groups in total. The highest BCUT2D eigenvalue weighted by atomic mass is 16.5. The molecule has 8 rings (SSSR count). The number of carbonyl (C=O) groups is 2. The number of rotatable bonds is 7. The number of nitrogens with zero attached hydrogens (tertiary/aromatic N) is 2. The molecule has 0 radical (unpaired) electrons. The number of amides is 2. The van der Waals surface area contributed by atoms with Crippen molar-refractivity contribution in [3.8, 4) is 11.5 Å². The van der Waals surface area contributed by atoms with E-state index in [-0.39, 0.29) is 35.5 Å². The molecule has 5 aliphatic rings. The summed E-state index contributed by atoms with van der Waals surface area (Å²) < 4.78 is 12.0. The lowest BCUT2D eigenvalue weighted by Gasteiger charge is -2.37. The van der Waals surface area contributed by atoms with E-state index < -0.39 is 0 Å². The van der Waals surface area contributed by atoms with Gasteiger partial charge < -0.3 is 9.47 Å². The Kier molecular flexibility index (Phi) is 5.17. The van der Waals surface area contributed by atoms with E-state index in [1.807, 2.05) is 43.3 Å². The monoisotopic (exact) mass is 492 g/mol. The van der Waals surface area contributed by atoms with Gasteiger partial charge in [0.25, 0.3) is 11.8 Å². The summed E-state index contributed by atoms with van der Waals surface area (Å²) in [6.07, 6.45) is 7.06. The lowest BCUT2D eigenvalue weighted by Crippen LogP contribution is -2.40. The zero-order valence-corrected chi connectivity index (χ0v) is 20.6. The molecule has 3 aromatic rings. The van der Waals surface area contributed by atoms with Crippen LogP contribution in [0.4, 0.5) is 0 Å². The summed E-state index contributed by atoms with van der Waals surface area (Å²) in [5.41, 5.74) is 1.83. The quantitative estimate of drug-likeness (QED) is 0.258. The molecule has 0 unspecified atom stereocenters. The fraction of sp³-hybridized carbons (Fsp3) is 0.323. The number of benzene rings is 3. The number of imide groups is 1. The van der Waals surface area contributed by atoms with Crippen molar-refractivity contribution in [3.05, 3.63) is 83.9 Å². The van der Waals surface area contributed by atoms with Gasteiger partial charge in [-0.25, -0.2) is 0 Å². The molecular weight excluding hydrogens is 464 g/mol. The molecule has 1 aliphatic heterocycles. The van der Waals surface area contributed by atoms with Crippen molar-refractivity contribution >= 4 is 28.8 Å². The number of hydrazone groups is 1. The smallest absolute Gasteiger partial charge is 0.254 e. The Bertz CT molecular complexity index is 1440. The first-order valence-corrected chi connectivity index (χ1v) is 13.1. The molecule has 186 valence electrons. The Morgan fingerprint density at radius 1 is 0.892 bits per heavy atom. The van der Waals surface area contributed by atoms with Gasteiger partial charge in [0.05, 0.1) is 24.7 Å². The minimum atomic E-state index is -0.243. The van der Waals surface area contributed by atoms with Crippen LogP contribution in [-0.4, -0.2) is 29.6 Å². The number of allylic oxidation sites excluding steroid dienone is 2. The molecule has 2 bridgehead atoms. The van der Waals surface area contributed by atoms with E-state index in [9.17, 15) is 9.59 Å². The number of hydrogen-bond donors (Lipinski definition) is 0. The Hall–Kier alpha value is -3.93. The normalized spacial score (nSPS) is 29.2. The zero-order chi connectivity index (χ0) is 25.1. The predicted octanol–water partition coefficient (Wildman–Crippen LogP) is 5.20. The predicted molar refractivity (Wildman–Crippen MR) is 140 cm³/mol. The van der Waals surface area contributed by atoms with E-state index in [1.165, 1.54) is 5.39 Å². The van der Waals surface area contributed by atoms with Crippen molar-refractivity contribution < 1.29 is 19.1 Å². The topological polar surface area (TPSA) is 68.2 Å². The van der Waals surface area contributed by atoms with Gasteiger partial charge >= 0.3 is 0 Å². The van der Waals surface area contributed by atoms with Crippen LogP contribution in [0.15, 0.2) is 77.9 Å². The molecule has 37 heavy (non-hydrogen) atoms. The standard InChI is InChI=1S/C31H28N2O4/c1-2-36-27-14-18(10-13-26(27)37-17-20-8-5-7-19-6-3-4-9-21(19)20)16-32-33-30(34)28-22-11-12-23(25-15-24(22)25)29(28)31(33)35/h3-14,16,22-25,28-29H,2,15,17H2,1H3/b32-16-/t22-,23-,24-,25+,28+,29-/m1/s1. The second-order valence-corrected chi connectivity index (χ2v) is 10.5. The molecule has 1 heterocycles. The molecule has 1 saturated heterocycles. The molecule has 2 amide bonds. The fourth-order valence-corrected chi connectivity index (χ4v) is 6.75. The van der Waals surface area contributed by atoms with E-state index in [1.54, 1.807) is 6.21 Å². The van der Waals surface area contributed by atoms with Crippen LogP contribution in [0.3, 0.4) is 0 Å². The van der Waals surface area contributed by atoms with Gasteiger partial charge in [-0.1, -0.05) is 54.6 Å². The second-order valence-electron chi connectivity index (χ2n) is 10.5. The van der Waals surface area contributed by atoms with Gasteiger partial charge in [0.2, 0.25) is 0 Å². The van der Waals surface area contributed by atoms with Gasteiger partial charge in [0.15, 0.2) is 11.5 Å². The van der Waals surface area contributed by atoms with Gasteiger partial charge in [-0.2, -0.15) is 10.1 Å². The van der Waals surface area contributed by atoms with Crippen molar-refractivity contribution in [3.63, 3.8) is 0 Å². The second kappa shape index (κ2) is 8.58. The summed E-state index contributed by atoms with van der Waals surface area (Å²) in [5, 5.41) is 7.80. The number of ether oxygens (including phenoxy) is 2. The Balaban J connectivity index is 1.10. The zero-order valence-electron chi connectivity index (χ0n) is 20.6. The molecule has 2 saturated carbocycles. The molecule has 3 fully saturated rings. The third-order valence-corrected chi connectivity index (χ3v) is 8.49. The Morgan fingerprint density at radius 3 is 2.38 bits per heavy atom. The molecular formula is C31H28N2O4. The van der Waals surface area contributed by atoms with Gasteiger partial charge in [-0.05, 0) is 77.1 Å². The van der Waals surface area contributed by atoms with Crippen LogP contribution >= 0.6 is 0 Å². The van der Waals surface area contributed by atoms with Gasteiger partial charge in [0, 0.05) is 0 Å². The largest absolute Gasteiger partial charge is 0.490 e. The summed E-state index contributed by atoms with van der Waals surface area (Å²) in [7, 11) is 0. The lowest BCUT2D eigenvalue weighted by atomic mass is 9.63. The van der Waals surface area contributed by atoms with Crippen LogP contribution in [0.25, 0.3) is 10.8 Å². The first-order chi connectivity index (χ1) is 18.1. The van der Waals surface area contributed by atoms with Crippen LogP contribution < -0.4 is 9.47 Å². The van der Waals surface area contributed by atoms with Gasteiger partial charge in [-0.3, -0.25) is 9.59 Å². The van der Waals surface area contributed by atoms with E-state index >= 15 is 0 Å². The maximum Gasteiger partial charge on any atom is 0.254 e. The van der Waals surface area contributed by atoms with Crippen molar-refractivity contribution in [1.29, 1.82) is 0 Å². The summed E-state index contributed by atoms with van der Waals surface area (Å²) in [6.45, 7) is 2.81. The van der Waals surface area contributed by atoms with Crippen molar-refractivity contribution in [2.45, 2.75) is 20.0 Å². The van der Waals surface area contributed by atoms with Gasteiger partial charge in [-0.15, -0.1) is 0 Å². The summed E-state index contributed by atoms with van der Waals surface area (Å²) in [5.74, 6) is 1.97. The number of hydrogen-bond acceptors (Lipinski definition) is 5. The van der Waals surface area contributed by atoms with Crippen LogP contribution in [0.5, 0.6) is 11.5 Å².